The summed E-state index contributed by atoms with van der Waals surface area (Å²) in [5.74, 6) is 0.523. The standard InChI is InChI=1S/C28H37N3O/c32-27(29-23-16-8-3-9-17-23)26(22-14-6-2-7-15-22)28(20-21-12-4-1-5-13-21)30-24-18-10-11-19-25(24)31-28/h1,4-5,10-13,18-19,22-23,26,30-31H,2-3,6-9,14-17,20H2,(H,29,32). The second-order valence-corrected chi connectivity index (χ2v) is 10.1. The quantitative estimate of drug-likeness (QED) is 0.517. The van der Waals surface area contributed by atoms with Gasteiger partial charge in [0.05, 0.1) is 17.3 Å². The van der Waals surface area contributed by atoms with Crippen LogP contribution in [0.1, 0.15) is 69.8 Å². The Labute approximate surface area is 192 Å². The molecule has 1 amide bonds. The molecule has 2 aromatic carbocycles. The van der Waals surface area contributed by atoms with Crippen LogP contribution in [0.25, 0.3) is 0 Å². The Morgan fingerprint density at radius 2 is 1.38 bits per heavy atom. The minimum Gasteiger partial charge on any atom is -0.360 e. The molecule has 32 heavy (non-hydrogen) atoms. The molecular formula is C28H37N3O. The molecule has 2 saturated carbocycles. The van der Waals surface area contributed by atoms with Gasteiger partial charge in [0.2, 0.25) is 5.91 Å². The summed E-state index contributed by atoms with van der Waals surface area (Å²) < 4.78 is 0. The molecule has 1 unspecified atom stereocenters. The van der Waals surface area contributed by atoms with Crippen molar-refractivity contribution >= 4 is 17.3 Å². The van der Waals surface area contributed by atoms with Crippen molar-refractivity contribution in [2.75, 3.05) is 10.6 Å². The molecule has 0 saturated heterocycles. The highest BCUT2D eigenvalue weighted by Crippen LogP contribution is 2.45. The third kappa shape index (κ3) is 4.51. The van der Waals surface area contributed by atoms with Crippen molar-refractivity contribution in [2.45, 2.75) is 82.3 Å². The van der Waals surface area contributed by atoms with Crippen LogP contribution in [0.4, 0.5) is 11.4 Å². The van der Waals surface area contributed by atoms with E-state index >= 15 is 0 Å². The van der Waals surface area contributed by atoms with Gasteiger partial charge in [-0.1, -0.05) is 81.0 Å². The number of carbonyl (C=O) groups excluding carboxylic acids is 1. The van der Waals surface area contributed by atoms with Crippen molar-refractivity contribution in [1.82, 2.24) is 5.32 Å². The van der Waals surface area contributed by atoms with Gasteiger partial charge in [0.1, 0.15) is 5.66 Å². The zero-order valence-corrected chi connectivity index (χ0v) is 19.1. The predicted octanol–water partition coefficient (Wildman–Crippen LogP) is 6.11. The monoisotopic (exact) mass is 431 g/mol. The van der Waals surface area contributed by atoms with Gasteiger partial charge in [-0.05, 0) is 49.3 Å². The first kappa shape index (κ1) is 21.4. The average molecular weight is 432 g/mol. The average Bonchev–Trinajstić information content (AvgIpc) is 3.19. The minimum absolute atomic E-state index is 0.114. The highest BCUT2D eigenvalue weighted by Gasteiger charge is 2.50. The maximum Gasteiger partial charge on any atom is 0.227 e. The summed E-state index contributed by atoms with van der Waals surface area (Å²) in [6.45, 7) is 0. The van der Waals surface area contributed by atoms with Crippen molar-refractivity contribution < 1.29 is 4.79 Å². The van der Waals surface area contributed by atoms with Gasteiger partial charge in [0, 0.05) is 12.5 Å². The zero-order chi connectivity index (χ0) is 21.8. The topological polar surface area (TPSA) is 53.2 Å². The summed E-state index contributed by atoms with van der Waals surface area (Å²) in [6, 6.07) is 19.4. The second-order valence-electron chi connectivity index (χ2n) is 10.1. The van der Waals surface area contributed by atoms with E-state index in [1.165, 1.54) is 44.1 Å². The van der Waals surface area contributed by atoms with Gasteiger partial charge in [-0.2, -0.15) is 0 Å². The number of nitrogens with one attached hydrogen (secondary N) is 3. The summed E-state index contributed by atoms with van der Waals surface area (Å²) in [7, 11) is 0. The molecular weight excluding hydrogens is 394 g/mol. The third-order valence-corrected chi connectivity index (χ3v) is 7.85. The lowest BCUT2D eigenvalue weighted by Gasteiger charge is -2.44. The smallest absolute Gasteiger partial charge is 0.227 e. The largest absolute Gasteiger partial charge is 0.360 e. The Morgan fingerprint density at radius 3 is 2.00 bits per heavy atom. The molecule has 4 heteroatoms. The van der Waals surface area contributed by atoms with E-state index in [9.17, 15) is 4.79 Å². The summed E-state index contributed by atoms with van der Waals surface area (Å²) in [5, 5.41) is 11.2. The molecule has 3 N–H and O–H groups in total. The van der Waals surface area contributed by atoms with E-state index in [4.69, 9.17) is 0 Å². The summed E-state index contributed by atoms with van der Waals surface area (Å²) in [5.41, 5.74) is 2.96. The SMILES string of the molecule is O=C(NC1CCCCC1)C(C1CCCCC1)C1(Cc2ccccc2)Nc2ccccc2N1. The Morgan fingerprint density at radius 1 is 0.812 bits per heavy atom. The number of hydrogen-bond donors (Lipinski definition) is 3. The predicted molar refractivity (Wildman–Crippen MR) is 132 cm³/mol. The summed E-state index contributed by atoms with van der Waals surface area (Å²) >= 11 is 0. The van der Waals surface area contributed by atoms with E-state index in [0.717, 1.165) is 43.5 Å². The van der Waals surface area contributed by atoms with Crippen molar-refractivity contribution in [3.63, 3.8) is 0 Å². The van der Waals surface area contributed by atoms with E-state index in [1.54, 1.807) is 0 Å². The van der Waals surface area contributed by atoms with Crippen molar-refractivity contribution in [3.8, 4) is 0 Å². The fraction of sp³-hybridized carbons (Fsp3) is 0.536. The van der Waals surface area contributed by atoms with Crippen LogP contribution in [0.5, 0.6) is 0 Å². The minimum atomic E-state index is -0.508. The molecule has 0 aromatic heterocycles. The highest BCUT2D eigenvalue weighted by molar-refractivity contribution is 5.86. The van der Waals surface area contributed by atoms with Crippen LogP contribution in [-0.2, 0) is 11.2 Å². The Balaban J connectivity index is 1.50. The van der Waals surface area contributed by atoms with Crippen molar-refractivity contribution in [2.24, 2.45) is 11.8 Å². The van der Waals surface area contributed by atoms with Crippen LogP contribution in [-0.4, -0.2) is 17.6 Å². The van der Waals surface area contributed by atoms with Crippen LogP contribution in [0.3, 0.4) is 0 Å². The number of rotatable bonds is 6. The first-order valence-electron chi connectivity index (χ1n) is 12.7. The van der Waals surface area contributed by atoms with Gasteiger partial charge >= 0.3 is 0 Å². The molecule has 0 radical (unpaired) electrons. The first-order valence-corrected chi connectivity index (χ1v) is 12.7. The van der Waals surface area contributed by atoms with E-state index in [1.807, 2.05) is 0 Å². The molecule has 3 aliphatic rings. The van der Waals surface area contributed by atoms with E-state index in [2.05, 4.69) is 70.5 Å². The van der Waals surface area contributed by atoms with Gasteiger partial charge in [-0.25, -0.2) is 0 Å². The normalized spacial score (nSPS) is 21.8. The number of fused-ring (bicyclic) bond motifs is 1. The molecule has 5 rings (SSSR count). The zero-order valence-electron chi connectivity index (χ0n) is 19.1. The molecule has 1 atom stereocenters. The molecule has 2 aromatic rings. The van der Waals surface area contributed by atoms with Crippen LogP contribution < -0.4 is 16.0 Å². The lowest BCUT2D eigenvalue weighted by Crippen LogP contribution is -2.60. The number of para-hydroxylation sites is 2. The molecule has 2 fully saturated rings. The van der Waals surface area contributed by atoms with Crippen molar-refractivity contribution in [1.29, 1.82) is 0 Å². The lowest BCUT2D eigenvalue weighted by molar-refractivity contribution is -0.130. The molecule has 2 aliphatic carbocycles. The summed E-state index contributed by atoms with van der Waals surface area (Å²) in [4.78, 5) is 14.1. The van der Waals surface area contributed by atoms with Crippen LogP contribution in [0.15, 0.2) is 54.6 Å². The fourth-order valence-electron chi connectivity index (χ4n) is 6.33. The first-order chi connectivity index (χ1) is 15.7. The lowest BCUT2D eigenvalue weighted by atomic mass is 9.71. The number of hydrogen-bond acceptors (Lipinski definition) is 3. The van der Waals surface area contributed by atoms with E-state index in [0.29, 0.717) is 12.0 Å². The Bertz CT molecular complexity index is 875. The van der Waals surface area contributed by atoms with Crippen LogP contribution >= 0.6 is 0 Å². The number of carbonyl (C=O) groups is 1. The van der Waals surface area contributed by atoms with Crippen LogP contribution in [0, 0.1) is 11.8 Å². The van der Waals surface area contributed by atoms with Gasteiger partial charge in [0.25, 0.3) is 0 Å². The van der Waals surface area contributed by atoms with Gasteiger partial charge < -0.3 is 16.0 Å². The molecule has 0 spiro atoms. The number of amides is 1. The molecule has 1 heterocycles. The molecule has 1 aliphatic heterocycles. The van der Waals surface area contributed by atoms with Gasteiger partial charge in [0.15, 0.2) is 0 Å². The molecule has 170 valence electrons. The maximum absolute atomic E-state index is 14.1. The number of benzene rings is 2. The maximum atomic E-state index is 14.1. The van der Waals surface area contributed by atoms with Crippen LogP contribution in [0.2, 0.25) is 0 Å². The Kier molecular flexibility index (Phi) is 6.38. The van der Waals surface area contributed by atoms with Gasteiger partial charge in [-0.15, -0.1) is 0 Å². The summed E-state index contributed by atoms with van der Waals surface area (Å²) in [6.07, 6.45) is 12.8. The highest BCUT2D eigenvalue weighted by atomic mass is 16.2. The fourth-order valence-corrected chi connectivity index (χ4v) is 6.33. The molecule has 4 nitrogen and oxygen atoms in total. The Hall–Kier alpha value is -2.49. The molecule has 0 bridgehead atoms. The third-order valence-electron chi connectivity index (χ3n) is 7.85. The van der Waals surface area contributed by atoms with Crippen molar-refractivity contribution in [3.05, 3.63) is 60.2 Å². The second kappa shape index (κ2) is 9.56. The van der Waals surface area contributed by atoms with E-state index in [-0.39, 0.29) is 11.8 Å². The number of anilines is 2. The van der Waals surface area contributed by atoms with E-state index < -0.39 is 5.66 Å². The van der Waals surface area contributed by atoms with Gasteiger partial charge in [-0.3, -0.25) is 4.79 Å².